The Labute approximate surface area is 174 Å². The largest absolute Gasteiger partial charge is 0.491 e. The zero-order valence-corrected chi connectivity index (χ0v) is 16.5. The number of imidazole rings is 1. The first-order valence-electron chi connectivity index (χ1n) is 8.31. The number of hydrogen-bond acceptors (Lipinski definition) is 6. The minimum Gasteiger partial charge on any atom is -0.491 e. The molecular formula is C18H22Cl2N4O4. The summed E-state index contributed by atoms with van der Waals surface area (Å²) in [5.74, 6) is 1.38. The number of rotatable bonds is 9. The Morgan fingerprint density at radius 1 is 1.18 bits per heavy atom. The van der Waals surface area contributed by atoms with E-state index in [-0.39, 0.29) is 37.1 Å². The Bertz CT molecular complexity index is 840. The van der Waals surface area contributed by atoms with Crippen LogP contribution in [0.2, 0.25) is 0 Å². The van der Waals surface area contributed by atoms with E-state index < -0.39 is 11.0 Å². The van der Waals surface area contributed by atoms with Gasteiger partial charge in [0.15, 0.2) is 0 Å². The van der Waals surface area contributed by atoms with Crippen LogP contribution in [-0.4, -0.2) is 45.8 Å². The molecule has 1 unspecified atom stereocenters. The Morgan fingerprint density at radius 2 is 1.89 bits per heavy atom. The van der Waals surface area contributed by atoms with Gasteiger partial charge in [-0.3, -0.25) is 10.1 Å². The smallest absolute Gasteiger partial charge is 0.269 e. The van der Waals surface area contributed by atoms with Crippen molar-refractivity contribution >= 4 is 41.5 Å². The minimum absolute atomic E-state index is 0. The van der Waals surface area contributed by atoms with E-state index in [2.05, 4.69) is 15.3 Å². The van der Waals surface area contributed by atoms with Crippen molar-refractivity contribution in [2.75, 3.05) is 19.7 Å². The Kier molecular flexibility index (Phi) is 9.67. The number of hydrogen-bond donors (Lipinski definition) is 3. The maximum atomic E-state index is 10.6. The van der Waals surface area contributed by atoms with E-state index in [9.17, 15) is 15.2 Å². The van der Waals surface area contributed by atoms with Gasteiger partial charge in [0.2, 0.25) is 0 Å². The summed E-state index contributed by atoms with van der Waals surface area (Å²) >= 11 is 0. The topological polar surface area (TPSA) is 113 Å². The van der Waals surface area contributed by atoms with Crippen molar-refractivity contribution in [3.8, 4) is 5.75 Å². The standard InChI is InChI=1S/C18H20N4O4.2ClH/c23-14(12-26-15-7-5-13(6-8-15)22(24)25)11-19-10-9-18-20-16-3-1-2-4-17(16)21-18;;/h1-8,14,19,23H,9-12H2,(H,20,21);2*1H. The van der Waals surface area contributed by atoms with Gasteiger partial charge in [0.25, 0.3) is 5.69 Å². The van der Waals surface area contributed by atoms with Gasteiger partial charge in [-0.05, 0) is 24.3 Å². The third-order valence-corrected chi connectivity index (χ3v) is 3.85. The summed E-state index contributed by atoms with van der Waals surface area (Å²) in [5.41, 5.74) is 1.96. The number of ether oxygens (including phenoxy) is 1. The number of aliphatic hydroxyl groups is 1. The van der Waals surface area contributed by atoms with Crippen molar-refractivity contribution in [3.63, 3.8) is 0 Å². The molecule has 28 heavy (non-hydrogen) atoms. The van der Waals surface area contributed by atoms with Crippen molar-refractivity contribution in [2.45, 2.75) is 12.5 Å². The fraction of sp³-hybridized carbons (Fsp3) is 0.278. The van der Waals surface area contributed by atoms with Crippen LogP contribution in [0, 0.1) is 10.1 Å². The number of nitro benzene ring substituents is 1. The first kappa shape index (κ1) is 23.6. The average molecular weight is 429 g/mol. The van der Waals surface area contributed by atoms with Gasteiger partial charge >= 0.3 is 0 Å². The van der Waals surface area contributed by atoms with Crippen LogP contribution in [0.4, 0.5) is 5.69 Å². The normalized spacial score (nSPS) is 11.3. The second kappa shape index (κ2) is 11.5. The molecule has 0 fully saturated rings. The predicted molar refractivity (Wildman–Crippen MR) is 112 cm³/mol. The third-order valence-electron chi connectivity index (χ3n) is 3.85. The number of aliphatic hydroxyl groups excluding tert-OH is 1. The summed E-state index contributed by atoms with van der Waals surface area (Å²) in [6, 6.07) is 13.6. The van der Waals surface area contributed by atoms with E-state index in [0.29, 0.717) is 18.8 Å². The van der Waals surface area contributed by atoms with Gasteiger partial charge in [-0.2, -0.15) is 0 Å². The molecule has 0 aliphatic rings. The van der Waals surface area contributed by atoms with Gasteiger partial charge in [0.1, 0.15) is 24.3 Å². The highest BCUT2D eigenvalue weighted by Crippen LogP contribution is 2.17. The molecule has 0 bridgehead atoms. The first-order chi connectivity index (χ1) is 12.6. The Balaban J connectivity index is 0.00000196. The van der Waals surface area contributed by atoms with Crippen LogP contribution >= 0.6 is 24.8 Å². The molecule has 0 saturated carbocycles. The number of aromatic amines is 1. The molecule has 1 aromatic heterocycles. The number of para-hydroxylation sites is 2. The molecular weight excluding hydrogens is 407 g/mol. The number of aromatic nitrogens is 2. The van der Waals surface area contributed by atoms with E-state index in [1.807, 2.05) is 24.3 Å². The monoisotopic (exact) mass is 428 g/mol. The molecule has 3 aromatic rings. The van der Waals surface area contributed by atoms with E-state index in [4.69, 9.17) is 4.74 Å². The fourth-order valence-electron chi connectivity index (χ4n) is 2.51. The molecule has 0 saturated heterocycles. The zero-order valence-electron chi connectivity index (χ0n) is 14.9. The summed E-state index contributed by atoms with van der Waals surface area (Å²) in [6.07, 6.45) is 0.0470. The number of fused-ring (bicyclic) bond motifs is 1. The number of nitro groups is 1. The maximum Gasteiger partial charge on any atom is 0.269 e. The predicted octanol–water partition coefficient (Wildman–Crippen LogP) is 2.89. The number of H-pyrrole nitrogens is 1. The molecule has 0 radical (unpaired) electrons. The van der Waals surface area contributed by atoms with Crippen LogP contribution < -0.4 is 10.1 Å². The number of halogens is 2. The molecule has 0 amide bonds. The van der Waals surface area contributed by atoms with Crippen LogP contribution in [0.3, 0.4) is 0 Å². The summed E-state index contributed by atoms with van der Waals surface area (Å²) in [4.78, 5) is 17.9. The molecule has 1 atom stereocenters. The second-order valence-electron chi connectivity index (χ2n) is 5.87. The van der Waals surface area contributed by atoms with E-state index >= 15 is 0 Å². The molecule has 3 N–H and O–H groups in total. The van der Waals surface area contributed by atoms with Gasteiger partial charge in [-0.1, -0.05) is 12.1 Å². The van der Waals surface area contributed by atoms with Crippen molar-refractivity contribution in [1.82, 2.24) is 15.3 Å². The quantitative estimate of drug-likeness (QED) is 0.274. The summed E-state index contributed by atoms with van der Waals surface area (Å²) < 4.78 is 5.43. The van der Waals surface area contributed by atoms with E-state index in [1.54, 1.807) is 0 Å². The number of nitrogens with zero attached hydrogens (tertiary/aromatic N) is 2. The van der Waals surface area contributed by atoms with Gasteiger partial charge in [-0.25, -0.2) is 4.98 Å². The zero-order chi connectivity index (χ0) is 18.4. The lowest BCUT2D eigenvalue weighted by Crippen LogP contribution is -2.32. The van der Waals surface area contributed by atoms with Gasteiger partial charge in [0, 0.05) is 31.6 Å². The summed E-state index contributed by atoms with van der Waals surface area (Å²) in [5, 5.41) is 23.7. The van der Waals surface area contributed by atoms with Crippen molar-refractivity contribution < 1.29 is 14.8 Å². The van der Waals surface area contributed by atoms with Crippen molar-refractivity contribution in [1.29, 1.82) is 0 Å². The lowest BCUT2D eigenvalue weighted by molar-refractivity contribution is -0.384. The summed E-state index contributed by atoms with van der Waals surface area (Å²) in [6.45, 7) is 1.16. The molecule has 1 heterocycles. The third kappa shape index (κ3) is 6.65. The molecule has 8 nitrogen and oxygen atoms in total. The van der Waals surface area contributed by atoms with Crippen LogP contribution in [-0.2, 0) is 6.42 Å². The van der Waals surface area contributed by atoms with Crippen molar-refractivity contribution in [3.05, 3.63) is 64.5 Å². The van der Waals surface area contributed by atoms with Crippen LogP contribution in [0.25, 0.3) is 11.0 Å². The molecule has 0 spiro atoms. The van der Waals surface area contributed by atoms with Crippen LogP contribution in [0.15, 0.2) is 48.5 Å². The van der Waals surface area contributed by atoms with Crippen LogP contribution in [0.1, 0.15) is 5.82 Å². The molecule has 2 aromatic carbocycles. The molecule has 152 valence electrons. The Hall–Kier alpha value is -2.39. The summed E-state index contributed by atoms with van der Waals surface area (Å²) in [7, 11) is 0. The van der Waals surface area contributed by atoms with Gasteiger partial charge < -0.3 is 20.1 Å². The van der Waals surface area contributed by atoms with E-state index in [0.717, 1.165) is 23.3 Å². The molecule has 10 heteroatoms. The highest BCUT2D eigenvalue weighted by atomic mass is 35.5. The number of non-ortho nitro benzene ring substituents is 1. The lowest BCUT2D eigenvalue weighted by Gasteiger charge is -2.13. The number of benzene rings is 2. The SMILES string of the molecule is Cl.Cl.O=[N+]([O-])c1ccc(OCC(O)CNCCc2nc3ccccc3[nH]2)cc1. The lowest BCUT2D eigenvalue weighted by atomic mass is 10.3. The molecule has 0 aliphatic heterocycles. The highest BCUT2D eigenvalue weighted by molar-refractivity contribution is 5.85. The second-order valence-corrected chi connectivity index (χ2v) is 5.87. The average Bonchev–Trinajstić information content (AvgIpc) is 3.06. The Morgan fingerprint density at radius 3 is 2.57 bits per heavy atom. The van der Waals surface area contributed by atoms with Gasteiger partial charge in [0.05, 0.1) is 16.0 Å². The molecule has 3 rings (SSSR count). The first-order valence-corrected chi connectivity index (χ1v) is 8.31. The number of nitrogens with one attached hydrogen (secondary N) is 2. The molecule has 0 aliphatic carbocycles. The van der Waals surface area contributed by atoms with Crippen LogP contribution in [0.5, 0.6) is 5.75 Å². The maximum absolute atomic E-state index is 10.6. The van der Waals surface area contributed by atoms with Crippen molar-refractivity contribution in [2.24, 2.45) is 0 Å². The minimum atomic E-state index is -0.680. The van der Waals surface area contributed by atoms with Gasteiger partial charge in [-0.15, -0.1) is 24.8 Å². The highest BCUT2D eigenvalue weighted by Gasteiger charge is 2.08. The van der Waals surface area contributed by atoms with E-state index in [1.165, 1.54) is 24.3 Å². The fourth-order valence-corrected chi connectivity index (χ4v) is 2.51.